The Labute approximate surface area is 184 Å². The summed E-state index contributed by atoms with van der Waals surface area (Å²) in [5, 5.41) is 0. The van der Waals surface area contributed by atoms with Gasteiger partial charge in [0.1, 0.15) is 12.4 Å². The van der Waals surface area contributed by atoms with Crippen molar-refractivity contribution in [3.8, 4) is 11.5 Å². The fraction of sp³-hybridized carbons (Fsp3) is 0.462. The lowest BCUT2D eigenvalue weighted by Crippen LogP contribution is -2.24. The first-order valence-electron chi connectivity index (χ1n) is 11.2. The second-order valence-electron chi connectivity index (χ2n) is 8.01. The van der Waals surface area contributed by atoms with E-state index in [-0.39, 0.29) is 17.9 Å². The highest BCUT2D eigenvalue weighted by Gasteiger charge is 2.22. The highest BCUT2D eigenvalue weighted by atomic mass is 19.2. The van der Waals surface area contributed by atoms with Crippen molar-refractivity contribution in [2.75, 3.05) is 13.2 Å². The van der Waals surface area contributed by atoms with Crippen LogP contribution in [-0.4, -0.2) is 19.3 Å². The number of hydrogen-bond donors (Lipinski definition) is 0. The van der Waals surface area contributed by atoms with Gasteiger partial charge < -0.3 is 14.2 Å². The largest absolute Gasteiger partial charge is 0.490 e. The van der Waals surface area contributed by atoms with Gasteiger partial charge in [0, 0.05) is 11.5 Å². The van der Waals surface area contributed by atoms with Gasteiger partial charge in [-0.2, -0.15) is 4.39 Å². The van der Waals surface area contributed by atoms with Crippen LogP contribution in [0.2, 0.25) is 0 Å². The minimum atomic E-state index is -0.962. The van der Waals surface area contributed by atoms with Gasteiger partial charge in [-0.3, -0.25) is 0 Å². The molecule has 0 aliphatic carbocycles. The zero-order valence-corrected chi connectivity index (χ0v) is 18.2. The van der Waals surface area contributed by atoms with Crippen LogP contribution in [0.1, 0.15) is 62.5 Å². The van der Waals surface area contributed by atoms with E-state index in [4.69, 9.17) is 14.2 Å². The summed E-state index contributed by atoms with van der Waals surface area (Å²) in [5.41, 5.74) is 1.37. The summed E-state index contributed by atoms with van der Waals surface area (Å²) in [6.45, 7) is 6.82. The molecular weight excluding hydrogens is 398 g/mol. The molecule has 1 aliphatic rings. The smallest absolute Gasteiger partial charge is 0.201 e. The zero-order chi connectivity index (χ0) is 22.1. The molecule has 3 nitrogen and oxygen atoms in total. The van der Waals surface area contributed by atoms with E-state index in [2.05, 4.69) is 6.58 Å². The van der Waals surface area contributed by atoms with E-state index in [1.807, 2.05) is 37.3 Å². The molecule has 1 fully saturated rings. The molecule has 2 aromatic carbocycles. The van der Waals surface area contributed by atoms with E-state index in [9.17, 15) is 8.78 Å². The van der Waals surface area contributed by atoms with Crippen LogP contribution in [0.3, 0.4) is 0 Å². The third kappa shape index (κ3) is 6.54. The molecule has 2 atom stereocenters. The molecule has 0 saturated carbocycles. The van der Waals surface area contributed by atoms with Gasteiger partial charge in [0.15, 0.2) is 11.6 Å². The van der Waals surface area contributed by atoms with E-state index in [1.54, 1.807) is 0 Å². The van der Waals surface area contributed by atoms with Crippen LogP contribution in [0.15, 0.2) is 49.1 Å². The van der Waals surface area contributed by atoms with Crippen molar-refractivity contribution in [3.63, 3.8) is 0 Å². The fourth-order valence-corrected chi connectivity index (χ4v) is 3.72. The van der Waals surface area contributed by atoms with Crippen molar-refractivity contribution in [2.24, 2.45) is 0 Å². The lowest BCUT2D eigenvalue weighted by molar-refractivity contribution is -0.000184. The summed E-state index contributed by atoms with van der Waals surface area (Å²) in [6, 6.07) is 10.8. The quantitative estimate of drug-likeness (QED) is 0.285. The molecule has 1 saturated heterocycles. The Hall–Kier alpha value is -2.40. The third-order valence-corrected chi connectivity index (χ3v) is 5.69. The van der Waals surface area contributed by atoms with Crippen LogP contribution in [-0.2, 0) is 11.3 Å². The topological polar surface area (TPSA) is 27.7 Å². The van der Waals surface area contributed by atoms with Crippen LogP contribution in [0.4, 0.5) is 8.78 Å². The lowest BCUT2D eigenvalue weighted by atomic mass is 9.90. The molecular formula is C26H32F2O3. The van der Waals surface area contributed by atoms with Crippen LogP contribution in [0, 0.1) is 11.6 Å². The maximum atomic E-state index is 14.3. The Bertz CT molecular complexity index is 827. The average Bonchev–Trinajstić information content (AvgIpc) is 2.81. The Morgan fingerprint density at radius 1 is 1.06 bits per heavy atom. The van der Waals surface area contributed by atoms with Crippen molar-refractivity contribution in [1.29, 1.82) is 0 Å². The van der Waals surface area contributed by atoms with E-state index in [0.717, 1.165) is 45.1 Å². The molecule has 1 heterocycles. The van der Waals surface area contributed by atoms with Crippen LogP contribution in [0.25, 0.3) is 0 Å². The average molecular weight is 431 g/mol. The number of unbranched alkanes of at least 4 members (excludes halogenated alkanes) is 1. The van der Waals surface area contributed by atoms with E-state index < -0.39 is 11.6 Å². The summed E-state index contributed by atoms with van der Waals surface area (Å²) in [6.07, 6.45) is 8.16. The second-order valence-corrected chi connectivity index (χ2v) is 8.01. The molecule has 0 bridgehead atoms. The first-order chi connectivity index (χ1) is 15.1. The molecule has 0 amide bonds. The van der Waals surface area contributed by atoms with E-state index >= 15 is 0 Å². The molecule has 0 spiro atoms. The number of hydrogen-bond acceptors (Lipinski definition) is 3. The van der Waals surface area contributed by atoms with Gasteiger partial charge in [0.05, 0.1) is 19.3 Å². The number of ether oxygens (including phenoxy) is 3. The Morgan fingerprint density at radius 3 is 2.55 bits per heavy atom. The van der Waals surface area contributed by atoms with Gasteiger partial charge in [-0.1, -0.05) is 31.6 Å². The fourth-order valence-electron chi connectivity index (χ4n) is 3.72. The highest BCUT2D eigenvalue weighted by Crippen LogP contribution is 2.31. The molecule has 2 unspecified atom stereocenters. The van der Waals surface area contributed by atoms with Crippen molar-refractivity contribution in [3.05, 3.63) is 71.8 Å². The van der Waals surface area contributed by atoms with E-state index in [1.165, 1.54) is 17.7 Å². The molecule has 0 radical (unpaired) electrons. The van der Waals surface area contributed by atoms with Crippen LogP contribution >= 0.6 is 0 Å². The van der Waals surface area contributed by atoms with Crippen molar-refractivity contribution >= 4 is 0 Å². The highest BCUT2D eigenvalue weighted by molar-refractivity contribution is 5.33. The Balaban J connectivity index is 1.51. The molecule has 0 aromatic heterocycles. The van der Waals surface area contributed by atoms with Crippen LogP contribution < -0.4 is 9.47 Å². The predicted molar refractivity (Wildman–Crippen MR) is 119 cm³/mol. The molecule has 1 aliphatic heterocycles. The lowest BCUT2D eigenvalue weighted by Gasteiger charge is -2.29. The summed E-state index contributed by atoms with van der Waals surface area (Å²) in [7, 11) is 0. The first-order valence-corrected chi connectivity index (χ1v) is 11.2. The van der Waals surface area contributed by atoms with Gasteiger partial charge in [-0.05, 0) is 61.9 Å². The Morgan fingerprint density at radius 2 is 1.87 bits per heavy atom. The minimum absolute atomic E-state index is 0.0468. The summed E-state index contributed by atoms with van der Waals surface area (Å²) in [5.74, 6) is -0.944. The van der Waals surface area contributed by atoms with Gasteiger partial charge in [-0.15, -0.1) is 6.58 Å². The number of halogens is 2. The van der Waals surface area contributed by atoms with Gasteiger partial charge in [-0.25, -0.2) is 4.39 Å². The zero-order valence-electron chi connectivity index (χ0n) is 18.2. The molecule has 168 valence electrons. The maximum absolute atomic E-state index is 14.3. The number of rotatable bonds is 11. The SMILES string of the molecule is C=CCCC1CCC(c2ccc(OCc3ccc(OCCCC)c(F)c3F)cc2)CO1. The summed E-state index contributed by atoms with van der Waals surface area (Å²) < 4.78 is 45.5. The molecule has 31 heavy (non-hydrogen) atoms. The molecule has 0 N–H and O–H groups in total. The van der Waals surface area contributed by atoms with Crippen molar-refractivity contribution < 1.29 is 23.0 Å². The van der Waals surface area contributed by atoms with Gasteiger partial charge in [0.25, 0.3) is 0 Å². The van der Waals surface area contributed by atoms with E-state index in [0.29, 0.717) is 24.4 Å². The van der Waals surface area contributed by atoms with Crippen molar-refractivity contribution in [2.45, 2.75) is 64.1 Å². The predicted octanol–water partition coefficient (Wildman–Crippen LogP) is 6.95. The maximum Gasteiger partial charge on any atom is 0.201 e. The molecule has 5 heteroatoms. The Kier molecular flexibility index (Phi) is 8.89. The monoisotopic (exact) mass is 430 g/mol. The van der Waals surface area contributed by atoms with Gasteiger partial charge in [0.2, 0.25) is 5.82 Å². The molecule has 2 aromatic rings. The van der Waals surface area contributed by atoms with Crippen LogP contribution in [0.5, 0.6) is 11.5 Å². The molecule has 3 rings (SSSR count). The van der Waals surface area contributed by atoms with Crippen molar-refractivity contribution in [1.82, 2.24) is 0 Å². The summed E-state index contributed by atoms with van der Waals surface area (Å²) >= 11 is 0. The minimum Gasteiger partial charge on any atom is -0.490 e. The third-order valence-electron chi connectivity index (χ3n) is 5.69. The number of benzene rings is 2. The standard InChI is InChI=1S/C26H32F2O3/c1-3-5-7-22-14-10-20(17-30-22)19-8-12-23(13-9-19)31-18-21-11-15-24(26(28)25(21)27)29-16-6-4-2/h3,8-9,11-13,15,20,22H,1,4-7,10,14,16-18H2,2H3. The normalized spacial score (nSPS) is 18.5. The summed E-state index contributed by atoms with van der Waals surface area (Å²) in [4.78, 5) is 0. The first kappa shape index (κ1) is 23.3. The second kappa shape index (κ2) is 11.8. The number of allylic oxidation sites excluding steroid dienone is 1. The van der Waals surface area contributed by atoms with Gasteiger partial charge >= 0.3 is 0 Å².